The van der Waals surface area contributed by atoms with Gasteiger partial charge < -0.3 is 4.74 Å². The summed E-state index contributed by atoms with van der Waals surface area (Å²) in [6, 6.07) is 0. The second-order valence-electron chi connectivity index (χ2n) is 5.71. The Labute approximate surface area is 125 Å². The second-order valence-corrected chi connectivity index (χ2v) is 8.96. The maximum Gasteiger partial charge on any atom is 0.310 e. The van der Waals surface area contributed by atoms with Crippen LogP contribution in [0, 0.1) is 5.92 Å². The number of ether oxygens (including phenoxy) is 1. The zero-order chi connectivity index (χ0) is 14.8. The van der Waals surface area contributed by atoms with E-state index in [2.05, 4.69) is 4.72 Å². The molecule has 1 N–H and O–H groups in total. The van der Waals surface area contributed by atoms with Gasteiger partial charge in [0, 0.05) is 11.3 Å². The number of hydrogen-bond acceptors (Lipinski definition) is 5. The summed E-state index contributed by atoms with van der Waals surface area (Å²) in [6.07, 6.45) is 7.22. The summed E-state index contributed by atoms with van der Waals surface area (Å²) in [5.74, 6) is -0.912. The number of carbonyl (C=O) groups excluding carboxylic acids is 1. The lowest BCUT2D eigenvalue weighted by Crippen LogP contribution is -2.48. The Balaban J connectivity index is 2.00. The van der Waals surface area contributed by atoms with Crippen LogP contribution in [0.25, 0.3) is 0 Å². The quantitative estimate of drug-likeness (QED) is 0.751. The molecule has 0 amide bonds. The topological polar surface area (TPSA) is 72.5 Å². The van der Waals surface area contributed by atoms with E-state index < -0.39 is 27.2 Å². The highest BCUT2D eigenvalue weighted by Crippen LogP contribution is 2.42. The van der Waals surface area contributed by atoms with Crippen molar-refractivity contribution in [2.75, 3.05) is 19.9 Å². The van der Waals surface area contributed by atoms with Gasteiger partial charge in [-0.25, -0.2) is 13.1 Å². The van der Waals surface area contributed by atoms with Gasteiger partial charge in [-0.05, 0) is 31.9 Å². The molecule has 20 heavy (non-hydrogen) atoms. The maximum atomic E-state index is 12.4. The van der Waals surface area contributed by atoms with Crippen LogP contribution >= 0.6 is 11.8 Å². The highest BCUT2D eigenvalue weighted by molar-refractivity contribution is 8.00. The van der Waals surface area contributed by atoms with Crippen molar-refractivity contribution in [1.82, 2.24) is 4.72 Å². The van der Waals surface area contributed by atoms with Gasteiger partial charge in [-0.2, -0.15) is 11.8 Å². The van der Waals surface area contributed by atoms with E-state index in [1.54, 1.807) is 11.8 Å². The Hall–Kier alpha value is -0.270. The summed E-state index contributed by atoms with van der Waals surface area (Å²) in [6.45, 7) is 0.473. The van der Waals surface area contributed by atoms with Crippen molar-refractivity contribution in [3.8, 4) is 0 Å². The molecule has 2 rings (SSSR count). The molecule has 116 valence electrons. The van der Waals surface area contributed by atoms with Gasteiger partial charge in [0.2, 0.25) is 10.0 Å². The van der Waals surface area contributed by atoms with Crippen LogP contribution in [0.3, 0.4) is 0 Å². The van der Waals surface area contributed by atoms with Crippen LogP contribution in [0.2, 0.25) is 0 Å². The van der Waals surface area contributed by atoms with Crippen molar-refractivity contribution in [3.63, 3.8) is 0 Å². The van der Waals surface area contributed by atoms with E-state index in [0.717, 1.165) is 25.7 Å². The monoisotopic (exact) mass is 321 g/mol. The Bertz CT molecular complexity index is 453. The molecule has 5 nitrogen and oxygen atoms in total. The van der Waals surface area contributed by atoms with Gasteiger partial charge >= 0.3 is 5.97 Å². The Morgan fingerprint density at radius 3 is 2.55 bits per heavy atom. The number of methoxy groups -OCH3 is 1. The molecular formula is C13H23NO4S2. The fourth-order valence-corrected chi connectivity index (χ4v) is 5.93. The molecule has 0 aromatic rings. The first-order valence-corrected chi connectivity index (χ1v) is 9.83. The van der Waals surface area contributed by atoms with Crippen molar-refractivity contribution >= 4 is 27.8 Å². The van der Waals surface area contributed by atoms with Crippen molar-refractivity contribution in [2.24, 2.45) is 5.92 Å². The predicted molar refractivity (Wildman–Crippen MR) is 80.2 cm³/mol. The van der Waals surface area contributed by atoms with E-state index in [1.165, 1.54) is 7.11 Å². The molecular weight excluding hydrogens is 298 g/mol. The molecule has 7 heteroatoms. The molecule has 0 aromatic heterocycles. The normalized spacial score (nSPS) is 28.9. The van der Waals surface area contributed by atoms with Gasteiger partial charge in [-0.15, -0.1) is 0 Å². The molecule has 0 spiro atoms. The van der Waals surface area contributed by atoms with Crippen molar-refractivity contribution in [3.05, 3.63) is 0 Å². The van der Waals surface area contributed by atoms with Gasteiger partial charge in [-0.3, -0.25) is 4.79 Å². The number of carbonyl (C=O) groups is 1. The van der Waals surface area contributed by atoms with E-state index in [4.69, 9.17) is 4.74 Å². The summed E-state index contributed by atoms with van der Waals surface area (Å²) in [5, 5.41) is -0.631. The third-order valence-corrected chi connectivity index (χ3v) is 7.98. The average Bonchev–Trinajstić information content (AvgIpc) is 2.87. The van der Waals surface area contributed by atoms with Crippen molar-refractivity contribution in [1.29, 1.82) is 0 Å². The van der Waals surface area contributed by atoms with Crippen LogP contribution in [0.1, 0.15) is 38.5 Å². The molecule has 2 saturated carbocycles. The van der Waals surface area contributed by atoms with Gasteiger partial charge in [0.15, 0.2) is 0 Å². The van der Waals surface area contributed by atoms with Gasteiger partial charge in [0.25, 0.3) is 0 Å². The van der Waals surface area contributed by atoms with Crippen LogP contribution in [0.15, 0.2) is 0 Å². The molecule has 2 atom stereocenters. The van der Waals surface area contributed by atoms with Crippen LogP contribution in [-0.2, 0) is 19.6 Å². The van der Waals surface area contributed by atoms with E-state index in [0.29, 0.717) is 19.4 Å². The highest BCUT2D eigenvalue weighted by atomic mass is 32.2. The lowest BCUT2D eigenvalue weighted by molar-refractivity contribution is -0.145. The minimum Gasteiger partial charge on any atom is -0.469 e. The van der Waals surface area contributed by atoms with E-state index in [1.807, 2.05) is 6.26 Å². The third-order valence-electron chi connectivity index (χ3n) is 4.65. The number of rotatable bonds is 6. The zero-order valence-corrected chi connectivity index (χ0v) is 13.7. The number of hydrogen-bond donors (Lipinski definition) is 1. The van der Waals surface area contributed by atoms with E-state index >= 15 is 0 Å². The molecule has 0 radical (unpaired) electrons. The molecule has 2 aliphatic rings. The fourth-order valence-electron chi connectivity index (χ4n) is 3.08. The molecule has 0 heterocycles. The van der Waals surface area contributed by atoms with Crippen LogP contribution < -0.4 is 4.72 Å². The Morgan fingerprint density at radius 2 is 2.05 bits per heavy atom. The third kappa shape index (κ3) is 3.14. The summed E-state index contributed by atoms with van der Waals surface area (Å²) in [5.41, 5.74) is 0. The minimum absolute atomic E-state index is 0.0619. The smallest absolute Gasteiger partial charge is 0.310 e. The molecule has 2 unspecified atom stereocenters. The Kier molecular flexibility index (Phi) is 5.02. The fraction of sp³-hybridized carbons (Fsp3) is 0.923. The molecule has 2 aliphatic carbocycles. The van der Waals surface area contributed by atoms with Gasteiger partial charge in [0.1, 0.15) is 0 Å². The molecule has 0 bridgehead atoms. The minimum atomic E-state index is -3.45. The first-order valence-electron chi connectivity index (χ1n) is 7.05. The summed E-state index contributed by atoms with van der Waals surface area (Å²) >= 11 is 1.74. The van der Waals surface area contributed by atoms with Gasteiger partial charge in [0.05, 0.1) is 18.3 Å². The summed E-state index contributed by atoms with van der Waals surface area (Å²) in [4.78, 5) is 11.7. The van der Waals surface area contributed by atoms with Gasteiger partial charge in [-0.1, -0.05) is 12.8 Å². The lowest BCUT2D eigenvalue weighted by Gasteiger charge is -2.40. The van der Waals surface area contributed by atoms with Crippen molar-refractivity contribution < 1.29 is 17.9 Å². The maximum absolute atomic E-state index is 12.4. The molecule has 0 saturated heterocycles. The number of esters is 1. The summed E-state index contributed by atoms with van der Waals surface area (Å²) < 4.78 is 32.4. The standard InChI is InChI=1S/C13H23NO4S2/c1-18-12(15)10-5-3-6-11(10)20(16,17)14-9-13(19-2)7-4-8-13/h10-11,14H,3-9H2,1-2H3. The molecule has 0 aliphatic heterocycles. The molecule has 0 aromatic carbocycles. The summed E-state index contributed by atoms with van der Waals surface area (Å²) in [7, 11) is -2.13. The molecule has 2 fully saturated rings. The van der Waals surface area contributed by atoms with E-state index in [9.17, 15) is 13.2 Å². The highest BCUT2D eigenvalue weighted by Gasteiger charge is 2.44. The van der Waals surface area contributed by atoms with E-state index in [-0.39, 0.29) is 4.75 Å². The second kappa shape index (κ2) is 6.23. The number of thioether (sulfide) groups is 1. The van der Waals surface area contributed by atoms with Crippen LogP contribution in [0.5, 0.6) is 0 Å². The number of sulfonamides is 1. The van der Waals surface area contributed by atoms with Crippen molar-refractivity contribution in [2.45, 2.75) is 48.5 Å². The Morgan fingerprint density at radius 1 is 1.35 bits per heavy atom. The predicted octanol–water partition coefficient (Wildman–Crippen LogP) is 1.53. The average molecular weight is 321 g/mol. The lowest BCUT2D eigenvalue weighted by atomic mass is 9.84. The number of nitrogens with one attached hydrogen (secondary N) is 1. The largest absolute Gasteiger partial charge is 0.469 e. The van der Waals surface area contributed by atoms with Crippen LogP contribution in [0.4, 0.5) is 0 Å². The SMILES string of the molecule is COC(=O)C1CCCC1S(=O)(=O)NCC1(SC)CCC1. The zero-order valence-electron chi connectivity index (χ0n) is 12.1. The van der Waals surface area contributed by atoms with Crippen LogP contribution in [-0.4, -0.2) is 44.3 Å². The first kappa shape index (κ1) is 16.1. The first-order chi connectivity index (χ1) is 9.44.